The van der Waals surface area contributed by atoms with Crippen LogP contribution in [0.3, 0.4) is 0 Å². The van der Waals surface area contributed by atoms with Gasteiger partial charge >= 0.3 is 5.97 Å². The van der Waals surface area contributed by atoms with Gasteiger partial charge in [0.1, 0.15) is 5.82 Å². The molecule has 0 bridgehead atoms. The van der Waals surface area contributed by atoms with Crippen LogP contribution >= 0.6 is 0 Å². The molecule has 0 unspecified atom stereocenters. The summed E-state index contributed by atoms with van der Waals surface area (Å²) in [4.78, 5) is 14.9. The van der Waals surface area contributed by atoms with Gasteiger partial charge in [-0.15, -0.1) is 5.10 Å². The molecule has 6 heteroatoms. The van der Waals surface area contributed by atoms with Crippen LogP contribution < -0.4 is 5.32 Å². The van der Waals surface area contributed by atoms with Crippen LogP contribution in [-0.4, -0.2) is 32.2 Å². The first kappa shape index (κ1) is 13.3. The highest BCUT2D eigenvalue weighted by Crippen LogP contribution is 2.10. The number of carboxylic acid groups (broad SMARTS) is 1. The predicted molar refractivity (Wildman–Crippen MR) is 72.3 cm³/mol. The molecule has 0 saturated heterocycles. The highest BCUT2D eigenvalue weighted by atomic mass is 16.4. The Balaban J connectivity index is 2.11. The van der Waals surface area contributed by atoms with Crippen LogP contribution in [0.15, 0.2) is 18.3 Å². The average molecular weight is 262 g/mol. The second-order valence-electron chi connectivity index (χ2n) is 4.92. The van der Waals surface area contributed by atoms with Gasteiger partial charge in [0, 0.05) is 13.0 Å². The molecule has 102 valence electrons. The zero-order chi connectivity index (χ0) is 13.8. The number of aliphatic carboxylic acids is 1. The maximum atomic E-state index is 10.5. The zero-order valence-corrected chi connectivity index (χ0v) is 11.1. The van der Waals surface area contributed by atoms with E-state index in [2.05, 4.69) is 29.2 Å². The Morgan fingerprint density at radius 3 is 2.95 bits per heavy atom. The van der Waals surface area contributed by atoms with Crippen molar-refractivity contribution < 1.29 is 9.90 Å². The van der Waals surface area contributed by atoms with Crippen LogP contribution in [0.2, 0.25) is 0 Å². The van der Waals surface area contributed by atoms with E-state index in [0.717, 1.165) is 23.7 Å². The van der Waals surface area contributed by atoms with Crippen molar-refractivity contribution in [3.63, 3.8) is 0 Å². The van der Waals surface area contributed by atoms with Crippen LogP contribution in [-0.2, 0) is 11.2 Å². The van der Waals surface area contributed by atoms with Gasteiger partial charge in [0.25, 0.3) is 0 Å². The largest absolute Gasteiger partial charge is 0.481 e. The van der Waals surface area contributed by atoms with Crippen molar-refractivity contribution in [2.24, 2.45) is 5.92 Å². The number of rotatable bonds is 6. The van der Waals surface area contributed by atoms with Crippen molar-refractivity contribution in [1.29, 1.82) is 0 Å². The van der Waals surface area contributed by atoms with E-state index in [0.29, 0.717) is 12.3 Å². The number of anilines is 1. The van der Waals surface area contributed by atoms with E-state index in [-0.39, 0.29) is 6.42 Å². The Labute approximate surface area is 111 Å². The third-order valence-corrected chi connectivity index (χ3v) is 2.66. The third-order valence-electron chi connectivity index (χ3n) is 2.66. The first-order chi connectivity index (χ1) is 9.04. The van der Waals surface area contributed by atoms with Crippen molar-refractivity contribution in [3.05, 3.63) is 24.0 Å². The van der Waals surface area contributed by atoms with Gasteiger partial charge in [-0.25, -0.2) is 9.50 Å². The molecule has 2 N–H and O–H groups in total. The second-order valence-corrected chi connectivity index (χ2v) is 4.92. The molecule has 6 nitrogen and oxygen atoms in total. The smallest absolute Gasteiger partial charge is 0.303 e. The number of fused-ring (bicyclic) bond motifs is 1. The van der Waals surface area contributed by atoms with E-state index in [1.807, 2.05) is 12.1 Å². The van der Waals surface area contributed by atoms with Gasteiger partial charge in [0.15, 0.2) is 5.65 Å². The molecule has 0 aliphatic rings. The van der Waals surface area contributed by atoms with Crippen molar-refractivity contribution in [1.82, 2.24) is 14.6 Å². The zero-order valence-electron chi connectivity index (χ0n) is 11.1. The summed E-state index contributed by atoms with van der Waals surface area (Å²) in [6, 6.07) is 3.76. The van der Waals surface area contributed by atoms with E-state index in [9.17, 15) is 4.79 Å². The number of imidazole rings is 1. The molecule has 19 heavy (non-hydrogen) atoms. The number of nitrogens with one attached hydrogen (secondary N) is 1. The highest BCUT2D eigenvalue weighted by molar-refractivity contribution is 5.67. The molecule has 0 spiro atoms. The molecule has 0 aliphatic heterocycles. The monoisotopic (exact) mass is 262 g/mol. The standard InChI is InChI=1S/C13H18N4O2/c1-9(2)7-14-11-4-5-12-15-10(3-6-13(18)19)8-17(12)16-11/h4-5,8-9H,3,6-7H2,1-2H3,(H,14,16)(H,18,19). The Hall–Kier alpha value is -2.11. The van der Waals surface area contributed by atoms with Crippen molar-refractivity contribution in [3.8, 4) is 0 Å². The fourth-order valence-corrected chi connectivity index (χ4v) is 1.69. The van der Waals surface area contributed by atoms with Crippen molar-refractivity contribution in [2.45, 2.75) is 26.7 Å². The van der Waals surface area contributed by atoms with Gasteiger partial charge in [0.05, 0.1) is 18.3 Å². The average Bonchev–Trinajstić information content (AvgIpc) is 2.75. The first-order valence-corrected chi connectivity index (χ1v) is 6.35. The van der Waals surface area contributed by atoms with Crippen molar-refractivity contribution in [2.75, 3.05) is 11.9 Å². The van der Waals surface area contributed by atoms with E-state index < -0.39 is 5.97 Å². The summed E-state index contributed by atoms with van der Waals surface area (Å²) in [5, 5.41) is 16.3. The van der Waals surface area contributed by atoms with Gasteiger partial charge in [0.2, 0.25) is 0 Å². The van der Waals surface area contributed by atoms with E-state index in [1.165, 1.54) is 0 Å². The summed E-state index contributed by atoms with van der Waals surface area (Å²) < 4.78 is 1.68. The molecule has 0 radical (unpaired) electrons. The molecule has 0 aliphatic carbocycles. The van der Waals surface area contributed by atoms with Crippen LogP contribution in [0.25, 0.3) is 5.65 Å². The molecule has 0 aromatic carbocycles. The highest BCUT2D eigenvalue weighted by Gasteiger charge is 2.06. The van der Waals surface area contributed by atoms with E-state index in [1.54, 1.807) is 10.7 Å². The maximum absolute atomic E-state index is 10.5. The lowest BCUT2D eigenvalue weighted by atomic mass is 10.2. The Morgan fingerprint density at radius 1 is 1.47 bits per heavy atom. The molecule has 2 rings (SSSR count). The van der Waals surface area contributed by atoms with Crippen LogP contribution in [0.5, 0.6) is 0 Å². The summed E-state index contributed by atoms with van der Waals surface area (Å²) in [5.41, 5.74) is 1.48. The van der Waals surface area contributed by atoms with Crippen LogP contribution in [0.1, 0.15) is 26.0 Å². The molecule has 0 fully saturated rings. The minimum atomic E-state index is -0.815. The first-order valence-electron chi connectivity index (χ1n) is 6.35. The predicted octanol–water partition coefficient (Wildman–Crippen LogP) is 1.81. The normalized spacial score (nSPS) is 11.1. The maximum Gasteiger partial charge on any atom is 0.303 e. The van der Waals surface area contributed by atoms with E-state index in [4.69, 9.17) is 5.11 Å². The summed E-state index contributed by atoms with van der Waals surface area (Å²) in [7, 11) is 0. The molecule has 2 aromatic heterocycles. The minimum absolute atomic E-state index is 0.0857. The lowest BCUT2D eigenvalue weighted by Gasteiger charge is -2.07. The third kappa shape index (κ3) is 3.67. The molecule has 2 aromatic rings. The topological polar surface area (TPSA) is 79.5 Å². The Morgan fingerprint density at radius 2 is 2.26 bits per heavy atom. The molecule has 2 heterocycles. The Bertz CT molecular complexity index is 577. The van der Waals surface area contributed by atoms with Crippen LogP contribution in [0, 0.1) is 5.92 Å². The number of hydrogen-bond donors (Lipinski definition) is 2. The summed E-state index contributed by atoms with van der Waals surface area (Å²) in [6.45, 7) is 5.12. The van der Waals surface area contributed by atoms with Gasteiger partial charge in [-0.3, -0.25) is 4.79 Å². The fourth-order valence-electron chi connectivity index (χ4n) is 1.69. The van der Waals surface area contributed by atoms with Crippen molar-refractivity contribution >= 4 is 17.4 Å². The summed E-state index contributed by atoms with van der Waals surface area (Å²) >= 11 is 0. The lowest BCUT2D eigenvalue weighted by molar-refractivity contribution is -0.136. The quantitative estimate of drug-likeness (QED) is 0.830. The van der Waals surface area contributed by atoms with E-state index >= 15 is 0 Å². The number of carboxylic acids is 1. The molecule has 0 atom stereocenters. The number of carbonyl (C=O) groups is 1. The van der Waals surface area contributed by atoms with Gasteiger partial charge in [-0.2, -0.15) is 0 Å². The Kier molecular flexibility index (Phi) is 3.99. The SMILES string of the molecule is CC(C)CNc1ccc2nc(CCC(=O)O)cn2n1. The summed E-state index contributed by atoms with van der Waals surface area (Å²) in [6.07, 6.45) is 2.29. The van der Waals surface area contributed by atoms with Gasteiger partial charge in [-0.1, -0.05) is 13.8 Å². The minimum Gasteiger partial charge on any atom is -0.481 e. The number of nitrogens with zero attached hydrogens (tertiary/aromatic N) is 3. The second kappa shape index (κ2) is 5.69. The number of aryl methyl sites for hydroxylation is 1. The molecular weight excluding hydrogens is 244 g/mol. The molecule has 0 saturated carbocycles. The summed E-state index contributed by atoms with van der Waals surface area (Å²) in [5.74, 6) is 0.527. The fraction of sp³-hybridized carbons (Fsp3) is 0.462. The van der Waals surface area contributed by atoms with Gasteiger partial charge in [-0.05, 0) is 18.1 Å². The number of aromatic nitrogens is 3. The number of hydrogen-bond acceptors (Lipinski definition) is 4. The molecule has 0 amide bonds. The van der Waals surface area contributed by atoms with Crippen LogP contribution in [0.4, 0.5) is 5.82 Å². The lowest BCUT2D eigenvalue weighted by Crippen LogP contribution is -2.10. The molecular formula is C13H18N4O2. The van der Waals surface area contributed by atoms with Gasteiger partial charge < -0.3 is 10.4 Å².